The Hall–Kier alpha value is -3.37. The molecule has 0 amide bonds. The highest BCUT2D eigenvalue weighted by molar-refractivity contribution is 6.00. The van der Waals surface area contributed by atoms with Crippen LogP contribution >= 0.6 is 0 Å². The van der Waals surface area contributed by atoms with Crippen LogP contribution < -0.4 is 0 Å². The van der Waals surface area contributed by atoms with E-state index in [1.165, 1.54) is 19.2 Å². The Morgan fingerprint density at radius 3 is 2.64 bits per heavy atom. The molecule has 0 aliphatic carbocycles. The van der Waals surface area contributed by atoms with Crippen molar-refractivity contribution in [2.75, 3.05) is 19.8 Å². The van der Waals surface area contributed by atoms with Crippen LogP contribution in [0, 0.1) is 17.5 Å². The molecule has 2 fully saturated rings. The first kappa shape index (κ1) is 23.1. The van der Waals surface area contributed by atoms with E-state index in [1.807, 2.05) is 0 Å². The quantitative estimate of drug-likeness (QED) is 0.405. The second kappa shape index (κ2) is 8.35. The minimum absolute atomic E-state index is 0.0678. The molecule has 0 bridgehead atoms. The number of carbonyl (C=O) groups is 1. The summed E-state index contributed by atoms with van der Waals surface area (Å²) in [6.07, 6.45) is 2.96. The Morgan fingerprint density at radius 2 is 1.94 bits per heavy atom. The van der Waals surface area contributed by atoms with Gasteiger partial charge in [0.1, 0.15) is 5.52 Å². The normalized spacial score (nSPS) is 23.2. The molecule has 2 aromatic heterocycles. The average molecular weight is 499 g/mol. The Kier molecular flexibility index (Phi) is 5.34. The van der Waals surface area contributed by atoms with Gasteiger partial charge in [-0.3, -0.25) is 5.10 Å². The zero-order valence-electron chi connectivity index (χ0n) is 19.5. The molecule has 6 rings (SSSR count). The number of aromatic amines is 1. The third-order valence-electron chi connectivity index (χ3n) is 7.55. The Bertz CT molecular complexity index is 1510. The summed E-state index contributed by atoms with van der Waals surface area (Å²) in [6, 6.07) is 5.40. The number of aliphatic carboxylic acids is 1. The van der Waals surface area contributed by atoms with Crippen LogP contribution in [0.5, 0.6) is 0 Å². The molecule has 4 heterocycles. The van der Waals surface area contributed by atoms with Crippen molar-refractivity contribution in [1.82, 2.24) is 14.8 Å². The number of hydrogen-bond donors (Lipinski definition) is 2. The van der Waals surface area contributed by atoms with E-state index in [1.54, 1.807) is 10.6 Å². The standard InChI is InChI=1S/C26H24F3N3O4/c1-26(25(33)34)10-15(12-36-26)20-21-19(8-14-11-30-31-23(14)22(21)29)32(16-2-3-17(27)18(28)9-16)24(20)13-4-6-35-7-5-13/h2-3,8-9,11,13,15H,4-7,10,12H2,1H3,(H,30,31)(H,33,34)/t15-,26+/m0/s1. The highest BCUT2D eigenvalue weighted by Gasteiger charge is 2.46. The predicted octanol–water partition coefficient (Wildman–Crippen LogP) is 5.17. The Morgan fingerprint density at radius 1 is 1.17 bits per heavy atom. The number of benzene rings is 2. The van der Waals surface area contributed by atoms with Gasteiger partial charge in [-0.05, 0) is 49.9 Å². The lowest BCUT2D eigenvalue weighted by molar-refractivity contribution is -0.157. The number of carboxylic acid groups (broad SMARTS) is 1. The van der Waals surface area contributed by atoms with Gasteiger partial charge in [-0.1, -0.05) is 0 Å². The van der Waals surface area contributed by atoms with Crippen LogP contribution in [0.1, 0.15) is 49.3 Å². The highest BCUT2D eigenvalue weighted by atomic mass is 19.2. The number of hydrogen-bond acceptors (Lipinski definition) is 4. The number of halogens is 3. The van der Waals surface area contributed by atoms with Gasteiger partial charge in [0.2, 0.25) is 0 Å². The molecule has 2 aliphatic rings. The Labute approximate surface area is 203 Å². The predicted molar refractivity (Wildman–Crippen MR) is 125 cm³/mol. The maximum absolute atomic E-state index is 16.2. The van der Waals surface area contributed by atoms with Crippen LogP contribution in [0.15, 0.2) is 30.5 Å². The Balaban J connectivity index is 1.70. The van der Waals surface area contributed by atoms with E-state index in [9.17, 15) is 18.7 Å². The molecule has 188 valence electrons. The largest absolute Gasteiger partial charge is 0.479 e. The zero-order chi connectivity index (χ0) is 25.2. The van der Waals surface area contributed by atoms with Crippen molar-refractivity contribution in [3.63, 3.8) is 0 Å². The fourth-order valence-electron chi connectivity index (χ4n) is 5.74. The maximum Gasteiger partial charge on any atom is 0.335 e. The number of aromatic nitrogens is 3. The van der Waals surface area contributed by atoms with Gasteiger partial charge < -0.3 is 19.1 Å². The monoisotopic (exact) mass is 499 g/mol. The van der Waals surface area contributed by atoms with Crippen LogP contribution in [0.25, 0.3) is 27.5 Å². The molecule has 0 radical (unpaired) electrons. The van der Waals surface area contributed by atoms with Gasteiger partial charge in [0.25, 0.3) is 0 Å². The highest BCUT2D eigenvalue weighted by Crippen LogP contribution is 2.48. The van der Waals surface area contributed by atoms with Gasteiger partial charge in [-0.15, -0.1) is 0 Å². The molecule has 0 spiro atoms. The van der Waals surface area contributed by atoms with Gasteiger partial charge >= 0.3 is 5.97 Å². The first-order valence-corrected chi connectivity index (χ1v) is 11.9. The molecule has 2 saturated heterocycles. The minimum atomic E-state index is -1.41. The summed E-state index contributed by atoms with van der Waals surface area (Å²) in [7, 11) is 0. The number of nitrogens with one attached hydrogen (secondary N) is 1. The molecule has 2 aromatic carbocycles. The van der Waals surface area contributed by atoms with Crippen LogP contribution in [0.4, 0.5) is 13.2 Å². The number of H-pyrrole nitrogens is 1. The third kappa shape index (κ3) is 3.42. The van der Waals surface area contributed by atoms with E-state index < -0.39 is 34.9 Å². The molecule has 2 atom stereocenters. The molecule has 10 heteroatoms. The van der Waals surface area contributed by atoms with Crippen molar-refractivity contribution in [2.45, 2.75) is 43.6 Å². The maximum atomic E-state index is 16.2. The van der Waals surface area contributed by atoms with E-state index in [-0.39, 0.29) is 24.5 Å². The van der Waals surface area contributed by atoms with Crippen molar-refractivity contribution < 1.29 is 32.5 Å². The zero-order valence-corrected chi connectivity index (χ0v) is 19.5. The molecule has 4 aromatic rings. The summed E-state index contributed by atoms with van der Waals surface area (Å²) in [4.78, 5) is 11.9. The number of rotatable bonds is 4. The minimum Gasteiger partial charge on any atom is -0.479 e. The van der Waals surface area contributed by atoms with Crippen LogP contribution in [0.2, 0.25) is 0 Å². The van der Waals surface area contributed by atoms with Gasteiger partial charge in [0.05, 0.1) is 18.3 Å². The summed E-state index contributed by atoms with van der Waals surface area (Å²) in [6.45, 7) is 2.62. The smallest absolute Gasteiger partial charge is 0.335 e. The molecule has 2 aliphatic heterocycles. The molecule has 7 nitrogen and oxygen atoms in total. The van der Waals surface area contributed by atoms with E-state index in [0.717, 1.165) is 17.8 Å². The molecule has 36 heavy (non-hydrogen) atoms. The van der Waals surface area contributed by atoms with E-state index >= 15 is 4.39 Å². The molecule has 0 unspecified atom stereocenters. The van der Waals surface area contributed by atoms with Crippen LogP contribution in [-0.2, 0) is 14.3 Å². The third-order valence-corrected chi connectivity index (χ3v) is 7.55. The second-order valence-electron chi connectivity index (χ2n) is 9.79. The van der Waals surface area contributed by atoms with E-state index in [0.29, 0.717) is 53.6 Å². The van der Waals surface area contributed by atoms with Gasteiger partial charge in [-0.25, -0.2) is 18.0 Å². The number of nitrogens with zero attached hydrogens (tertiary/aromatic N) is 2. The molecule has 2 N–H and O–H groups in total. The van der Waals surface area contributed by atoms with Crippen molar-refractivity contribution in [3.05, 3.63) is 59.2 Å². The summed E-state index contributed by atoms with van der Waals surface area (Å²) in [5.41, 5.74) is 1.04. The van der Waals surface area contributed by atoms with Gasteiger partial charge in [0, 0.05) is 53.3 Å². The molecular formula is C26H24F3N3O4. The fraction of sp³-hybridized carbons (Fsp3) is 0.385. The lowest BCUT2D eigenvalue weighted by Gasteiger charge is -2.27. The summed E-state index contributed by atoms with van der Waals surface area (Å²) >= 11 is 0. The van der Waals surface area contributed by atoms with E-state index in [4.69, 9.17) is 9.47 Å². The molecule has 0 saturated carbocycles. The van der Waals surface area contributed by atoms with Crippen LogP contribution in [-0.4, -0.2) is 51.3 Å². The lowest BCUT2D eigenvalue weighted by atomic mass is 9.84. The van der Waals surface area contributed by atoms with Crippen LogP contribution in [0.3, 0.4) is 0 Å². The van der Waals surface area contributed by atoms with Crippen molar-refractivity contribution in [1.29, 1.82) is 0 Å². The topological polar surface area (TPSA) is 89.4 Å². The van der Waals surface area contributed by atoms with Crippen molar-refractivity contribution in [2.24, 2.45) is 0 Å². The first-order chi connectivity index (χ1) is 17.3. The summed E-state index contributed by atoms with van der Waals surface area (Å²) in [5, 5.41) is 17.3. The second-order valence-corrected chi connectivity index (χ2v) is 9.79. The van der Waals surface area contributed by atoms with Crippen molar-refractivity contribution in [3.8, 4) is 5.69 Å². The SMILES string of the molecule is C[C@]1(C(=O)O)C[C@H](c2c(C3CCOCC3)n(-c3ccc(F)c(F)c3)c3cc4cn[nH]c4c(F)c23)CO1. The molecular weight excluding hydrogens is 475 g/mol. The summed E-state index contributed by atoms with van der Waals surface area (Å²) < 4.78 is 57.6. The number of ether oxygens (including phenoxy) is 2. The number of fused-ring (bicyclic) bond motifs is 2. The first-order valence-electron chi connectivity index (χ1n) is 11.9. The lowest BCUT2D eigenvalue weighted by Crippen LogP contribution is -2.34. The number of carboxylic acids is 1. The summed E-state index contributed by atoms with van der Waals surface area (Å²) in [5.74, 6) is -4.09. The fourth-order valence-corrected chi connectivity index (χ4v) is 5.74. The van der Waals surface area contributed by atoms with Gasteiger partial charge in [-0.2, -0.15) is 5.10 Å². The van der Waals surface area contributed by atoms with Crippen molar-refractivity contribution >= 4 is 27.8 Å². The van der Waals surface area contributed by atoms with Gasteiger partial charge in [0.15, 0.2) is 23.1 Å². The van der Waals surface area contributed by atoms with E-state index in [2.05, 4.69) is 10.2 Å². The average Bonchev–Trinajstić information content (AvgIpc) is 3.58.